The van der Waals surface area contributed by atoms with Gasteiger partial charge in [-0.3, -0.25) is 0 Å². The molecule has 2 atom stereocenters. The van der Waals surface area contributed by atoms with E-state index in [1.54, 1.807) is 7.11 Å². The van der Waals surface area contributed by atoms with E-state index in [0.717, 1.165) is 37.4 Å². The summed E-state index contributed by atoms with van der Waals surface area (Å²) in [7, 11) is 1.68. The van der Waals surface area contributed by atoms with E-state index in [1.165, 1.54) is 5.56 Å². The van der Waals surface area contributed by atoms with Gasteiger partial charge in [-0.05, 0) is 43.9 Å². The van der Waals surface area contributed by atoms with Gasteiger partial charge in [0.15, 0.2) is 11.5 Å². The molecule has 3 nitrogen and oxygen atoms in total. The Bertz CT molecular complexity index is 389. The molecule has 1 aliphatic heterocycles. The van der Waals surface area contributed by atoms with Gasteiger partial charge < -0.3 is 14.2 Å². The predicted molar refractivity (Wildman–Crippen MR) is 71.4 cm³/mol. The zero-order chi connectivity index (χ0) is 13.0. The fourth-order valence-corrected chi connectivity index (χ4v) is 2.04. The second-order valence-electron chi connectivity index (χ2n) is 4.75. The van der Waals surface area contributed by atoms with Crippen LogP contribution in [0.15, 0.2) is 18.2 Å². The summed E-state index contributed by atoms with van der Waals surface area (Å²) in [6.07, 6.45) is 4.01. The van der Waals surface area contributed by atoms with E-state index >= 15 is 0 Å². The summed E-state index contributed by atoms with van der Waals surface area (Å²) in [6, 6.07) is 6.18. The summed E-state index contributed by atoms with van der Waals surface area (Å²) in [6.45, 7) is 4.94. The Labute approximate surface area is 109 Å². The van der Waals surface area contributed by atoms with Crippen LogP contribution >= 0.6 is 0 Å². The van der Waals surface area contributed by atoms with Gasteiger partial charge in [0, 0.05) is 0 Å². The molecule has 1 fully saturated rings. The van der Waals surface area contributed by atoms with Crippen molar-refractivity contribution in [3.63, 3.8) is 0 Å². The molecular formula is C15H22O3. The first-order valence-corrected chi connectivity index (χ1v) is 6.69. The van der Waals surface area contributed by atoms with Gasteiger partial charge in [-0.2, -0.15) is 0 Å². The summed E-state index contributed by atoms with van der Waals surface area (Å²) in [5.74, 6) is 1.66. The first-order chi connectivity index (χ1) is 8.74. The zero-order valence-corrected chi connectivity index (χ0v) is 11.4. The lowest BCUT2D eigenvalue weighted by Gasteiger charge is -2.11. The minimum atomic E-state index is 0.444. The molecule has 3 heteroatoms. The highest BCUT2D eigenvalue weighted by molar-refractivity contribution is 5.43. The van der Waals surface area contributed by atoms with E-state index in [0.29, 0.717) is 12.2 Å². The van der Waals surface area contributed by atoms with Gasteiger partial charge in [0.25, 0.3) is 0 Å². The molecule has 0 bridgehead atoms. The SMILES string of the molecule is CCCOc1ccc(CCC2OC2C)cc1OC. The molecule has 1 aromatic carbocycles. The zero-order valence-electron chi connectivity index (χ0n) is 11.4. The first kappa shape index (κ1) is 13.2. The van der Waals surface area contributed by atoms with Gasteiger partial charge in [-0.1, -0.05) is 13.0 Å². The van der Waals surface area contributed by atoms with E-state index in [1.807, 2.05) is 6.07 Å². The van der Waals surface area contributed by atoms with Crippen LogP contribution in [-0.2, 0) is 11.2 Å². The van der Waals surface area contributed by atoms with Crippen molar-refractivity contribution in [1.82, 2.24) is 0 Å². The molecule has 0 amide bonds. The van der Waals surface area contributed by atoms with Crippen LogP contribution in [0.25, 0.3) is 0 Å². The van der Waals surface area contributed by atoms with Crippen molar-refractivity contribution in [2.45, 2.75) is 45.3 Å². The van der Waals surface area contributed by atoms with E-state index in [-0.39, 0.29) is 0 Å². The maximum atomic E-state index is 5.64. The molecule has 1 aromatic rings. The number of hydrogen-bond acceptors (Lipinski definition) is 3. The molecule has 1 saturated heterocycles. The van der Waals surface area contributed by atoms with Crippen LogP contribution in [0.4, 0.5) is 0 Å². The van der Waals surface area contributed by atoms with Crippen molar-refractivity contribution in [1.29, 1.82) is 0 Å². The monoisotopic (exact) mass is 250 g/mol. The fraction of sp³-hybridized carbons (Fsp3) is 0.600. The molecule has 0 spiro atoms. The van der Waals surface area contributed by atoms with Crippen molar-refractivity contribution < 1.29 is 14.2 Å². The van der Waals surface area contributed by atoms with Crippen LogP contribution in [0.1, 0.15) is 32.3 Å². The number of hydrogen-bond donors (Lipinski definition) is 0. The number of benzene rings is 1. The van der Waals surface area contributed by atoms with Crippen LogP contribution in [0.5, 0.6) is 11.5 Å². The maximum Gasteiger partial charge on any atom is 0.161 e. The van der Waals surface area contributed by atoms with E-state index in [4.69, 9.17) is 14.2 Å². The molecule has 0 saturated carbocycles. The molecular weight excluding hydrogens is 228 g/mol. The Morgan fingerprint density at radius 3 is 2.67 bits per heavy atom. The van der Waals surface area contributed by atoms with Crippen LogP contribution in [0.2, 0.25) is 0 Å². The molecule has 2 rings (SSSR count). The highest BCUT2D eigenvalue weighted by Crippen LogP contribution is 2.30. The minimum Gasteiger partial charge on any atom is -0.493 e. The summed E-state index contributed by atoms with van der Waals surface area (Å²) in [4.78, 5) is 0. The number of rotatable bonds is 7. The van der Waals surface area contributed by atoms with E-state index < -0.39 is 0 Å². The summed E-state index contributed by atoms with van der Waals surface area (Å²) in [5.41, 5.74) is 1.28. The van der Waals surface area contributed by atoms with Crippen LogP contribution in [-0.4, -0.2) is 25.9 Å². The maximum absolute atomic E-state index is 5.64. The van der Waals surface area contributed by atoms with Crippen LogP contribution < -0.4 is 9.47 Å². The number of aryl methyl sites for hydroxylation is 1. The van der Waals surface area contributed by atoms with Crippen molar-refractivity contribution in [3.05, 3.63) is 23.8 Å². The molecule has 0 aliphatic carbocycles. The molecule has 100 valence electrons. The molecule has 0 aromatic heterocycles. The molecule has 18 heavy (non-hydrogen) atoms. The summed E-state index contributed by atoms with van der Waals surface area (Å²) in [5, 5.41) is 0. The molecule has 2 unspecified atom stereocenters. The molecule has 1 heterocycles. The Hall–Kier alpha value is -1.22. The Kier molecular flexibility index (Phi) is 4.48. The standard InChI is InChI=1S/C15H22O3/c1-4-9-17-14-8-6-12(10-15(14)16-3)5-7-13-11(2)18-13/h6,8,10-11,13H,4-5,7,9H2,1-3H3. The Morgan fingerprint density at radius 1 is 1.28 bits per heavy atom. The average molecular weight is 250 g/mol. The summed E-state index contributed by atoms with van der Waals surface area (Å²) < 4.78 is 16.4. The third-order valence-corrected chi connectivity index (χ3v) is 3.24. The van der Waals surface area contributed by atoms with E-state index in [9.17, 15) is 0 Å². The highest BCUT2D eigenvalue weighted by Gasteiger charge is 2.33. The average Bonchev–Trinajstić information content (AvgIpc) is 3.10. The lowest BCUT2D eigenvalue weighted by atomic mass is 10.1. The second-order valence-corrected chi connectivity index (χ2v) is 4.75. The first-order valence-electron chi connectivity index (χ1n) is 6.69. The number of epoxide rings is 1. The van der Waals surface area contributed by atoms with Gasteiger partial charge in [0.05, 0.1) is 25.9 Å². The molecule has 1 aliphatic rings. The van der Waals surface area contributed by atoms with Gasteiger partial charge in [0.1, 0.15) is 0 Å². The molecule has 0 radical (unpaired) electrons. The second kappa shape index (κ2) is 6.10. The lowest BCUT2D eigenvalue weighted by molar-refractivity contribution is 0.294. The lowest BCUT2D eigenvalue weighted by Crippen LogP contribution is -1.99. The highest BCUT2D eigenvalue weighted by atomic mass is 16.6. The Morgan fingerprint density at radius 2 is 2.06 bits per heavy atom. The minimum absolute atomic E-state index is 0.444. The van der Waals surface area contributed by atoms with Gasteiger partial charge in [0.2, 0.25) is 0 Å². The quantitative estimate of drug-likeness (QED) is 0.696. The fourth-order valence-electron chi connectivity index (χ4n) is 2.04. The Balaban J connectivity index is 1.94. The van der Waals surface area contributed by atoms with Crippen molar-refractivity contribution in [3.8, 4) is 11.5 Å². The van der Waals surface area contributed by atoms with E-state index in [2.05, 4.69) is 26.0 Å². The van der Waals surface area contributed by atoms with Crippen LogP contribution in [0, 0.1) is 0 Å². The normalized spacial score (nSPS) is 21.7. The third-order valence-electron chi connectivity index (χ3n) is 3.24. The van der Waals surface area contributed by atoms with Crippen molar-refractivity contribution >= 4 is 0 Å². The largest absolute Gasteiger partial charge is 0.493 e. The van der Waals surface area contributed by atoms with Crippen molar-refractivity contribution in [2.24, 2.45) is 0 Å². The van der Waals surface area contributed by atoms with Crippen LogP contribution in [0.3, 0.4) is 0 Å². The topological polar surface area (TPSA) is 31.0 Å². The van der Waals surface area contributed by atoms with Crippen molar-refractivity contribution in [2.75, 3.05) is 13.7 Å². The van der Waals surface area contributed by atoms with Gasteiger partial charge >= 0.3 is 0 Å². The summed E-state index contributed by atoms with van der Waals surface area (Å²) >= 11 is 0. The smallest absolute Gasteiger partial charge is 0.161 e. The van der Waals surface area contributed by atoms with Gasteiger partial charge in [-0.25, -0.2) is 0 Å². The van der Waals surface area contributed by atoms with Gasteiger partial charge in [-0.15, -0.1) is 0 Å². The third kappa shape index (κ3) is 3.39. The molecule has 0 N–H and O–H groups in total. The number of methoxy groups -OCH3 is 1. The predicted octanol–water partition coefficient (Wildman–Crippen LogP) is 3.20. The number of ether oxygens (including phenoxy) is 3.